The first-order chi connectivity index (χ1) is 14.2. The first-order valence-electron chi connectivity index (χ1n) is 8.68. The van der Waals surface area contributed by atoms with Crippen molar-refractivity contribution in [3.05, 3.63) is 59.9 Å². The molecule has 0 radical (unpaired) electrons. The lowest BCUT2D eigenvalue weighted by atomic mass is 10.1. The van der Waals surface area contributed by atoms with Crippen LogP contribution in [0.15, 0.2) is 42.9 Å². The van der Waals surface area contributed by atoms with Crippen LogP contribution in [0.4, 0.5) is 13.2 Å². The normalized spacial score (nSPS) is 10.6. The number of aliphatic carboxylic acids is 2. The topological polar surface area (TPSA) is 110 Å². The number of benzene rings is 1. The molecule has 2 aromatic heterocycles. The highest BCUT2D eigenvalue weighted by atomic mass is 19.3. The van der Waals surface area contributed by atoms with Crippen molar-refractivity contribution in [1.29, 1.82) is 0 Å². The summed E-state index contributed by atoms with van der Waals surface area (Å²) in [5.41, 5.74) is 1.39. The lowest BCUT2D eigenvalue weighted by Crippen LogP contribution is -2.01. The number of rotatable bonds is 7. The van der Waals surface area contributed by atoms with E-state index in [1.54, 1.807) is 21.8 Å². The van der Waals surface area contributed by atoms with Gasteiger partial charge in [-0.2, -0.15) is 10.2 Å². The zero-order valence-corrected chi connectivity index (χ0v) is 15.9. The van der Waals surface area contributed by atoms with Crippen molar-refractivity contribution in [2.45, 2.75) is 25.8 Å². The Bertz CT molecular complexity index is 1000. The van der Waals surface area contributed by atoms with Gasteiger partial charge in [-0.15, -0.1) is 0 Å². The molecule has 8 nitrogen and oxygen atoms in total. The molecule has 11 heteroatoms. The highest BCUT2D eigenvalue weighted by molar-refractivity contribution is 5.75. The van der Waals surface area contributed by atoms with E-state index in [1.807, 2.05) is 19.3 Å². The molecule has 1 aromatic carbocycles. The smallest absolute Gasteiger partial charge is 0.303 e. The molecule has 2 N–H and O–H groups in total. The number of carboxylic acid groups (broad SMARTS) is 2. The lowest BCUT2D eigenvalue weighted by molar-refractivity contribution is -0.143. The van der Waals surface area contributed by atoms with E-state index in [2.05, 4.69) is 10.2 Å². The molecule has 0 atom stereocenters. The van der Waals surface area contributed by atoms with E-state index in [4.69, 9.17) is 10.2 Å². The van der Waals surface area contributed by atoms with Gasteiger partial charge in [0, 0.05) is 25.0 Å². The molecule has 0 aliphatic heterocycles. The number of halogens is 3. The number of carbonyl (C=O) groups is 2. The van der Waals surface area contributed by atoms with Gasteiger partial charge in [0.15, 0.2) is 0 Å². The molecule has 3 aromatic rings. The molecule has 0 unspecified atom stereocenters. The fraction of sp³-hybridized carbons (Fsp3) is 0.263. The summed E-state index contributed by atoms with van der Waals surface area (Å²) in [5.74, 6) is -3.06. The third kappa shape index (κ3) is 6.76. The maximum Gasteiger partial charge on any atom is 0.303 e. The van der Waals surface area contributed by atoms with Crippen molar-refractivity contribution in [2.24, 2.45) is 7.05 Å². The van der Waals surface area contributed by atoms with Gasteiger partial charge in [0.25, 0.3) is 6.43 Å². The van der Waals surface area contributed by atoms with Crippen LogP contribution in [0.5, 0.6) is 0 Å². The standard InChI is InChI=1S/C15H13F3N4.C4H6O4/c1-21-5-4-12(20-21)9-22-8-11(7-19-22)10-2-3-14(16)13(6-10)15(17)18;5-3(6)1-2-4(7)8/h2-8,15H,9H2,1H3;1-2H2,(H,5,6)(H,7,8). The average molecular weight is 424 g/mol. The van der Waals surface area contributed by atoms with E-state index in [1.165, 1.54) is 6.07 Å². The molecular weight excluding hydrogens is 405 g/mol. The number of hydrogen-bond donors (Lipinski definition) is 2. The summed E-state index contributed by atoms with van der Waals surface area (Å²) in [6.45, 7) is 0.476. The van der Waals surface area contributed by atoms with Crippen molar-refractivity contribution in [3.63, 3.8) is 0 Å². The second-order valence-electron chi connectivity index (χ2n) is 6.23. The number of aromatic nitrogens is 4. The van der Waals surface area contributed by atoms with Crippen LogP contribution in [-0.4, -0.2) is 41.7 Å². The molecule has 3 rings (SSSR count). The fourth-order valence-electron chi connectivity index (χ4n) is 2.42. The van der Waals surface area contributed by atoms with E-state index in [0.29, 0.717) is 17.7 Å². The van der Waals surface area contributed by atoms with Crippen molar-refractivity contribution in [2.75, 3.05) is 0 Å². The predicted molar refractivity (Wildman–Crippen MR) is 99.4 cm³/mol. The van der Waals surface area contributed by atoms with Crippen molar-refractivity contribution in [1.82, 2.24) is 19.6 Å². The van der Waals surface area contributed by atoms with E-state index in [9.17, 15) is 22.8 Å². The Morgan fingerprint density at radius 2 is 1.77 bits per heavy atom. The Morgan fingerprint density at radius 1 is 1.10 bits per heavy atom. The Kier molecular flexibility index (Phi) is 7.73. The molecule has 160 valence electrons. The Balaban J connectivity index is 0.000000343. The van der Waals surface area contributed by atoms with Gasteiger partial charge in [0.05, 0.1) is 36.8 Å². The lowest BCUT2D eigenvalue weighted by Gasteiger charge is -2.04. The van der Waals surface area contributed by atoms with Crippen molar-refractivity contribution in [3.8, 4) is 11.1 Å². The summed E-state index contributed by atoms with van der Waals surface area (Å²) < 4.78 is 42.2. The summed E-state index contributed by atoms with van der Waals surface area (Å²) >= 11 is 0. The first-order valence-corrected chi connectivity index (χ1v) is 8.68. The molecule has 0 amide bonds. The van der Waals surface area contributed by atoms with Gasteiger partial charge in [0.2, 0.25) is 0 Å². The summed E-state index contributed by atoms with van der Waals surface area (Å²) in [6.07, 6.45) is 1.67. The highest BCUT2D eigenvalue weighted by Crippen LogP contribution is 2.27. The third-order valence-corrected chi connectivity index (χ3v) is 3.84. The summed E-state index contributed by atoms with van der Waals surface area (Å²) in [4.78, 5) is 19.3. The van der Waals surface area contributed by atoms with Crippen LogP contribution in [0, 0.1) is 5.82 Å². The fourth-order valence-corrected chi connectivity index (χ4v) is 2.42. The Labute approximate surface area is 169 Å². The van der Waals surface area contributed by atoms with Gasteiger partial charge in [-0.3, -0.25) is 19.0 Å². The molecule has 0 fully saturated rings. The minimum Gasteiger partial charge on any atom is -0.481 e. The van der Waals surface area contributed by atoms with E-state index >= 15 is 0 Å². The zero-order valence-electron chi connectivity index (χ0n) is 15.9. The first kappa shape index (κ1) is 22.7. The molecule has 0 aliphatic carbocycles. The molecular formula is C19H19F3N4O4. The zero-order chi connectivity index (χ0) is 22.3. The van der Waals surface area contributed by atoms with E-state index in [0.717, 1.165) is 17.8 Å². The number of nitrogens with zero attached hydrogens (tertiary/aromatic N) is 4. The molecule has 0 saturated heterocycles. The second-order valence-corrected chi connectivity index (χ2v) is 6.23. The van der Waals surface area contributed by atoms with Crippen LogP contribution in [0.25, 0.3) is 11.1 Å². The Morgan fingerprint density at radius 3 is 2.30 bits per heavy atom. The average Bonchev–Trinajstić information content (AvgIpc) is 3.30. The van der Waals surface area contributed by atoms with E-state index < -0.39 is 29.7 Å². The largest absolute Gasteiger partial charge is 0.481 e. The van der Waals surface area contributed by atoms with Gasteiger partial charge in [-0.1, -0.05) is 6.07 Å². The maximum absolute atomic E-state index is 13.3. The predicted octanol–water partition coefficient (Wildman–Crippen LogP) is 3.34. The number of alkyl halides is 2. The van der Waals surface area contributed by atoms with Crippen molar-refractivity contribution >= 4 is 11.9 Å². The SMILES string of the molecule is Cn1ccc(Cn2cc(-c3ccc(F)c(C(F)F)c3)cn2)n1.O=C(O)CCC(=O)O. The van der Waals surface area contributed by atoms with Crippen LogP contribution in [-0.2, 0) is 23.2 Å². The van der Waals surface area contributed by atoms with Crippen LogP contribution >= 0.6 is 0 Å². The maximum atomic E-state index is 13.3. The monoisotopic (exact) mass is 424 g/mol. The summed E-state index contributed by atoms with van der Waals surface area (Å²) in [6, 6.07) is 5.53. The molecule has 0 spiro atoms. The van der Waals surface area contributed by atoms with Gasteiger partial charge < -0.3 is 10.2 Å². The molecule has 0 aliphatic rings. The third-order valence-electron chi connectivity index (χ3n) is 3.84. The van der Waals surface area contributed by atoms with Crippen LogP contribution in [0.3, 0.4) is 0 Å². The molecule has 0 bridgehead atoms. The quantitative estimate of drug-likeness (QED) is 0.602. The van der Waals surface area contributed by atoms with Crippen LogP contribution < -0.4 is 0 Å². The van der Waals surface area contributed by atoms with Gasteiger partial charge in [-0.25, -0.2) is 13.2 Å². The van der Waals surface area contributed by atoms with Gasteiger partial charge in [0.1, 0.15) is 5.82 Å². The van der Waals surface area contributed by atoms with Crippen LogP contribution in [0.1, 0.15) is 30.5 Å². The van der Waals surface area contributed by atoms with E-state index in [-0.39, 0.29) is 12.8 Å². The number of carboxylic acids is 2. The minimum atomic E-state index is -2.84. The second kappa shape index (κ2) is 10.2. The van der Waals surface area contributed by atoms with Gasteiger partial charge >= 0.3 is 11.9 Å². The highest BCUT2D eigenvalue weighted by Gasteiger charge is 2.15. The number of aryl methyl sites for hydroxylation is 1. The number of hydrogen-bond acceptors (Lipinski definition) is 4. The van der Waals surface area contributed by atoms with Gasteiger partial charge in [-0.05, 0) is 23.8 Å². The minimum absolute atomic E-state index is 0.296. The Hall–Kier alpha value is -3.63. The van der Waals surface area contributed by atoms with Crippen molar-refractivity contribution < 1.29 is 33.0 Å². The molecule has 30 heavy (non-hydrogen) atoms. The van der Waals surface area contributed by atoms with Crippen LogP contribution in [0.2, 0.25) is 0 Å². The summed E-state index contributed by atoms with van der Waals surface area (Å²) in [5, 5.41) is 24.2. The summed E-state index contributed by atoms with van der Waals surface area (Å²) in [7, 11) is 1.82. The molecule has 2 heterocycles. The molecule has 0 saturated carbocycles.